The van der Waals surface area contributed by atoms with Crippen LogP contribution in [0.1, 0.15) is 40.0 Å². The molecule has 1 atom stereocenters. The quantitative estimate of drug-likeness (QED) is 0.356. The van der Waals surface area contributed by atoms with E-state index < -0.39 is 11.7 Å². The van der Waals surface area contributed by atoms with Crippen LogP contribution in [-0.2, 0) is 6.18 Å². The summed E-state index contributed by atoms with van der Waals surface area (Å²) in [6.07, 6.45) is -4.39. The second-order valence-corrected chi connectivity index (χ2v) is 8.10. The van der Waals surface area contributed by atoms with Crippen molar-refractivity contribution in [3.05, 3.63) is 95.1 Å². The summed E-state index contributed by atoms with van der Waals surface area (Å²) < 4.78 is 43.9. The molecule has 4 aromatic rings. The molecule has 3 aromatic carbocycles. The number of ether oxygens (including phenoxy) is 1. The Bertz CT molecular complexity index is 1350. The summed E-state index contributed by atoms with van der Waals surface area (Å²) in [4.78, 5) is 17.5. The lowest BCUT2D eigenvalue weighted by atomic mass is 10.0. The fourth-order valence-corrected chi connectivity index (χ4v) is 3.80. The minimum atomic E-state index is -4.39. The Labute approximate surface area is 195 Å². The fourth-order valence-electron chi connectivity index (χ4n) is 3.80. The number of alkyl halides is 3. The molecule has 0 saturated carbocycles. The molecule has 0 aliphatic carbocycles. The zero-order chi connectivity index (χ0) is 24.5. The molecule has 1 amide bonds. The topological polar surface area (TPSA) is 51.2 Å². The van der Waals surface area contributed by atoms with Gasteiger partial charge in [0.05, 0.1) is 29.9 Å². The first-order valence-corrected chi connectivity index (χ1v) is 10.7. The number of carbonyl (C=O) groups excluding carboxylic acids is 1. The Morgan fingerprint density at radius 3 is 2.41 bits per heavy atom. The molecule has 0 aliphatic rings. The summed E-state index contributed by atoms with van der Waals surface area (Å²) in [7, 11) is 1.59. The van der Waals surface area contributed by atoms with Crippen LogP contribution in [0.25, 0.3) is 22.2 Å². The predicted octanol–water partition coefficient (Wildman–Crippen LogP) is 6.73. The number of methoxy groups -OCH3 is 1. The number of halogens is 3. The van der Waals surface area contributed by atoms with Crippen LogP contribution in [0, 0.1) is 6.92 Å². The van der Waals surface area contributed by atoms with Crippen LogP contribution in [0.2, 0.25) is 0 Å². The molecule has 0 radical (unpaired) electrons. The average molecular weight is 464 g/mol. The summed E-state index contributed by atoms with van der Waals surface area (Å²) in [5.41, 5.74) is 3.26. The third kappa shape index (κ3) is 4.88. The molecule has 174 valence electrons. The number of hydrogen-bond donors (Lipinski definition) is 1. The van der Waals surface area contributed by atoms with Crippen molar-refractivity contribution in [1.82, 2.24) is 10.3 Å². The number of pyridine rings is 1. The Balaban J connectivity index is 1.62. The van der Waals surface area contributed by atoms with Gasteiger partial charge in [0.15, 0.2) is 0 Å². The predicted molar refractivity (Wildman–Crippen MR) is 126 cm³/mol. The molecular weight excluding hydrogens is 441 g/mol. The van der Waals surface area contributed by atoms with Gasteiger partial charge in [-0.1, -0.05) is 30.3 Å². The van der Waals surface area contributed by atoms with Crippen LogP contribution >= 0.6 is 0 Å². The van der Waals surface area contributed by atoms with Gasteiger partial charge in [0, 0.05) is 16.5 Å². The van der Waals surface area contributed by atoms with Gasteiger partial charge in [-0.25, -0.2) is 4.98 Å². The molecule has 0 aliphatic heterocycles. The number of amides is 1. The molecule has 0 saturated heterocycles. The van der Waals surface area contributed by atoms with Gasteiger partial charge in [-0.3, -0.25) is 4.79 Å². The molecule has 34 heavy (non-hydrogen) atoms. The lowest BCUT2D eigenvalue weighted by molar-refractivity contribution is -0.137. The molecular formula is C27H23F3N2O2. The maximum Gasteiger partial charge on any atom is 0.416 e. The Morgan fingerprint density at radius 1 is 1.00 bits per heavy atom. The number of rotatable bonds is 5. The standard InChI is InChI=1S/C27H23F3N2O2/c1-16-13-24(18-7-10-21(11-8-18)27(28,29)30)32-25-15-20(9-12-23(16)25)26(33)31-17(2)19-5-4-6-22(14-19)34-3/h4-15,17H,1-3H3,(H,31,33). The number of benzene rings is 3. The molecule has 0 fully saturated rings. The molecule has 7 heteroatoms. The first-order valence-electron chi connectivity index (χ1n) is 10.7. The van der Waals surface area contributed by atoms with Gasteiger partial charge in [-0.15, -0.1) is 0 Å². The Hall–Kier alpha value is -3.87. The minimum Gasteiger partial charge on any atom is -0.497 e. The highest BCUT2D eigenvalue weighted by Gasteiger charge is 2.30. The zero-order valence-electron chi connectivity index (χ0n) is 18.9. The largest absolute Gasteiger partial charge is 0.497 e. The summed E-state index contributed by atoms with van der Waals surface area (Å²) in [5.74, 6) is 0.455. The molecule has 4 rings (SSSR count). The number of hydrogen-bond acceptors (Lipinski definition) is 3. The molecule has 0 spiro atoms. The highest BCUT2D eigenvalue weighted by Crippen LogP contribution is 2.31. The average Bonchev–Trinajstić information content (AvgIpc) is 2.83. The molecule has 1 aromatic heterocycles. The number of aryl methyl sites for hydroxylation is 1. The number of carbonyl (C=O) groups is 1. The maximum atomic E-state index is 12.9. The summed E-state index contributed by atoms with van der Waals surface area (Å²) >= 11 is 0. The number of nitrogens with one attached hydrogen (secondary N) is 1. The molecule has 0 bridgehead atoms. The zero-order valence-corrected chi connectivity index (χ0v) is 18.9. The SMILES string of the molecule is COc1cccc(C(C)NC(=O)c2ccc3c(C)cc(-c4ccc(C(F)(F)F)cc4)nc3c2)c1. The second kappa shape index (κ2) is 9.17. The number of fused-ring (bicyclic) bond motifs is 1. The molecule has 1 unspecified atom stereocenters. The van der Waals surface area contributed by atoms with Gasteiger partial charge in [0.25, 0.3) is 5.91 Å². The van der Waals surface area contributed by atoms with Crippen LogP contribution < -0.4 is 10.1 Å². The van der Waals surface area contributed by atoms with Gasteiger partial charge in [-0.05, 0) is 67.4 Å². The van der Waals surface area contributed by atoms with E-state index in [0.29, 0.717) is 28.1 Å². The van der Waals surface area contributed by atoms with Crippen LogP contribution in [0.15, 0.2) is 72.8 Å². The minimum absolute atomic E-state index is 0.244. The van der Waals surface area contributed by atoms with Crippen molar-refractivity contribution in [1.29, 1.82) is 0 Å². The van der Waals surface area contributed by atoms with Gasteiger partial charge >= 0.3 is 6.18 Å². The molecule has 1 heterocycles. The normalized spacial score (nSPS) is 12.4. The highest BCUT2D eigenvalue weighted by molar-refractivity contribution is 5.98. The van der Waals surface area contributed by atoms with E-state index in [1.807, 2.05) is 50.2 Å². The third-order valence-electron chi connectivity index (χ3n) is 5.73. The van der Waals surface area contributed by atoms with E-state index in [1.54, 1.807) is 19.2 Å². The summed E-state index contributed by atoms with van der Waals surface area (Å²) in [5, 5.41) is 3.85. The van der Waals surface area contributed by atoms with Crippen LogP contribution in [-0.4, -0.2) is 18.0 Å². The van der Waals surface area contributed by atoms with Gasteiger partial charge in [0.2, 0.25) is 0 Å². The maximum absolute atomic E-state index is 12.9. The van der Waals surface area contributed by atoms with Gasteiger partial charge < -0.3 is 10.1 Å². The number of nitrogens with zero attached hydrogens (tertiary/aromatic N) is 1. The summed E-state index contributed by atoms with van der Waals surface area (Å²) in [6, 6.07) is 19.2. The lowest BCUT2D eigenvalue weighted by Gasteiger charge is -2.16. The summed E-state index contributed by atoms with van der Waals surface area (Å²) in [6.45, 7) is 3.79. The van der Waals surface area contributed by atoms with Crippen molar-refractivity contribution < 1.29 is 22.7 Å². The van der Waals surface area contributed by atoms with Crippen molar-refractivity contribution in [2.24, 2.45) is 0 Å². The van der Waals surface area contributed by atoms with Crippen molar-refractivity contribution in [2.75, 3.05) is 7.11 Å². The van der Waals surface area contributed by atoms with Crippen molar-refractivity contribution >= 4 is 16.8 Å². The van der Waals surface area contributed by atoms with Gasteiger partial charge in [0.1, 0.15) is 5.75 Å². The van der Waals surface area contributed by atoms with E-state index in [9.17, 15) is 18.0 Å². The van der Waals surface area contributed by atoms with E-state index in [2.05, 4.69) is 10.3 Å². The van der Waals surface area contributed by atoms with Crippen LogP contribution in [0.5, 0.6) is 5.75 Å². The van der Waals surface area contributed by atoms with Crippen molar-refractivity contribution in [3.63, 3.8) is 0 Å². The van der Waals surface area contributed by atoms with E-state index in [-0.39, 0.29) is 11.9 Å². The fraction of sp³-hybridized carbons (Fsp3) is 0.185. The smallest absolute Gasteiger partial charge is 0.416 e. The molecule has 1 N–H and O–H groups in total. The highest BCUT2D eigenvalue weighted by atomic mass is 19.4. The Kier molecular flexibility index (Phi) is 6.28. The van der Waals surface area contributed by atoms with E-state index in [0.717, 1.165) is 28.6 Å². The van der Waals surface area contributed by atoms with Gasteiger partial charge in [-0.2, -0.15) is 13.2 Å². The van der Waals surface area contributed by atoms with Crippen molar-refractivity contribution in [2.45, 2.75) is 26.1 Å². The first-order chi connectivity index (χ1) is 16.2. The lowest BCUT2D eigenvalue weighted by Crippen LogP contribution is -2.26. The van der Waals surface area contributed by atoms with Crippen LogP contribution in [0.4, 0.5) is 13.2 Å². The van der Waals surface area contributed by atoms with Crippen LogP contribution in [0.3, 0.4) is 0 Å². The number of aromatic nitrogens is 1. The van der Waals surface area contributed by atoms with Crippen molar-refractivity contribution in [3.8, 4) is 17.0 Å². The van der Waals surface area contributed by atoms with E-state index in [1.165, 1.54) is 12.1 Å². The Morgan fingerprint density at radius 2 is 1.74 bits per heavy atom. The van der Waals surface area contributed by atoms with E-state index in [4.69, 9.17) is 4.74 Å². The second-order valence-electron chi connectivity index (χ2n) is 8.10. The first kappa shape index (κ1) is 23.3. The third-order valence-corrected chi connectivity index (χ3v) is 5.73. The van der Waals surface area contributed by atoms with E-state index >= 15 is 0 Å². The monoisotopic (exact) mass is 464 g/mol. The molecule has 4 nitrogen and oxygen atoms in total.